The topological polar surface area (TPSA) is 147 Å². The van der Waals surface area contributed by atoms with Crippen LogP contribution in [-0.4, -0.2) is 70.9 Å². The van der Waals surface area contributed by atoms with Crippen LogP contribution in [0.4, 0.5) is 5.69 Å². The fourth-order valence-electron chi connectivity index (χ4n) is 6.01. The zero-order valence-corrected chi connectivity index (χ0v) is 23.5. The van der Waals surface area contributed by atoms with E-state index < -0.39 is 10.0 Å². The number of nitrogens with zero attached hydrogens (tertiary/aromatic N) is 4. The van der Waals surface area contributed by atoms with Gasteiger partial charge in [-0.05, 0) is 55.8 Å². The minimum atomic E-state index is -4.20. The number of rotatable bonds is 8. The summed E-state index contributed by atoms with van der Waals surface area (Å²) in [6.07, 6.45) is 5.68. The maximum Gasteiger partial charge on any atom is 0.245 e. The van der Waals surface area contributed by atoms with Crippen LogP contribution in [0.3, 0.4) is 0 Å². The number of methoxy groups -OCH3 is 3. The average molecular weight is 569 g/mol. The summed E-state index contributed by atoms with van der Waals surface area (Å²) in [6.45, 7) is 3.92. The van der Waals surface area contributed by atoms with Gasteiger partial charge >= 0.3 is 0 Å². The smallest absolute Gasteiger partial charge is 0.245 e. The second-order valence-corrected chi connectivity index (χ2v) is 11.9. The summed E-state index contributed by atoms with van der Waals surface area (Å²) in [6, 6.07) is 7.32. The van der Waals surface area contributed by atoms with Gasteiger partial charge in [0.25, 0.3) is 0 Å². The van der Waals surface area contributed by atoms with E-state index in [1.807, 2.05) is 24.4 Å². The zero-order valence-electron chi connectivity index (χ0n) is 22.6. The minimum Gasteiger partial charge on any atom is -0.496 e. The maximum atomic E-state index is 12.8. The summed E-state index contributed by atoms with van der Waals surface area (Å²) in [4.78, 5) is 1.93. The van der Waals surface area contributed by atoms with Crippen molar-refractivity contribution in [3.8, 4) is 28.5 Å². The molecule has 4 aromatic rings. The van der Waals surface area contributed by atoms with Crippen LogP contribution in [0.25, 0.3) is 22.2 Å². The number of fused-ring (bicyclic) bond motifs is 1. The second-order valence-electron chi connectivity index (χ2n) is 10.4. The Bertz CT molecular complexity index is 1650. The summed E-state index contributed by atoms with van der Waals surface area (Å²) in [5.74, 6) is 0.737. The van der Waals surface area contributed by atoms with Crippen molar-refractivity contribution in [1.82, 2.24) is 20.3 Å². The van der Waals surface area contributed by atoms with Crippen LogP contribution in [0.15, 0.2) is 46.1 Å². The Morgan fingerprint density at radius 2 is 1.82 bits per heavy atom. The molecule has 0 unspecified atom stereocenters. The Labute approximate surface area is 232 Å². The molecule has 0 saturated carbocycles. The Morgan fingerprint density at radius 3 is 2.45 bits per heavy atom. The first-order valence-electron chi connectivity index (χ1n) is 13.0. The molecule has 2 aliphatic rings. The molecular formula is C27H32N6O6S. The lowest BCUT2D eigenvalue weighted by Gasteiger charge is -2.54. The van der Waals surface area contributed by atoms with Gasteiger partial charge in [0.05, 0.1) is 38.9 Å². The van der Waals surface area contributed by atoms with E-state index in [9.17, 15) is 8.42 Å². The Hall–Kier alpha value is -3.81. The standard InChI is InChI=1S/C27H32N6O6S/c1-36-19-11-17(14-33-10-4-7-30-33)12-20-22(19)23(31-39-20)18-13-21(37-2)26(40(28,34)35)25(38-3)24(18)32-15-27(16-32)5-8-29-9-6-27/h4,7,10-13,29H,5-6,8-9,14-16H2,1-3H3,(H2,28,34,35). The molecule has 0 radical (unpaired) electrons. The quantitative estimate of drug-likeness (QED) is 0.325. The van der Waals surface area contributed by atoms with Gasteiger partial charge in [-0.15, -0.1) is 0 Å². The lowest BCUT2D eigenvalue weighted by atomic mass is 9.72. The first-order valence-corrected chi connectivity index (χ1v) is 14.5. The van der Waals surface area contributed by atoms with Crippen LogP contribution in [0.1, 0.15) is 18.4 Å². The van der Waals surface area contributed by atoms with Gasteiger partial charge in [0.1, 0.15) is 17.2 Å². The lowest BCUT2D eigenvalue weighted by molar-refractivity contribution is 0.149. The number of anilines is 1. The number of hydrogen-bond donors (Lipinski definition) is 2. The highest BCUT2D eigenvalue weighted by Crippen LogP contribution is 2.53. The van der Waals surface area contributed by atoms with Gasteiger partial charge in [0.2, 0.25) is 10.0 Å². The van der Waals surface area contributed by atoms with E-state index in [0.717, 1.165) is 44.6 Å². The van der Waals surface area contributed by atoms with Crippen LogP contribution < -0.4 is 29.6 Å². The number of nitrogens with one attached hydrogen (secondary N) is 1. The van der Waals surface area contributed by atoms with E-state index >= 15 is 0 Å². The molecule has 2 fully saturated rings. The third-order valence-electron chi connectivity index (χ3n) is 7.89. The predicted molar refractivity (Wildman–Crippen MR) is 149 cm³/mol. The number of hydrogen-bond acceptors (Lipinski definition) is 10. The van der Waals surface area contributed by atoms with Crippen molar-refractivity contribution < 1.29 is 27.2 Å². The normalized spacial score (nSPS) is 16.8. The molecule has 12 nitrogen and oxygen atoms in total. The monoisotopic (exact) mass is 568 g/mol. The van der Waals surface area contributed by atoms with E-state index in [1.54, 1.807) is 24.1 Å². The summed E-state index contributed by atoms with van der Waals surface area (Å²) in [5.41, 5.74) is 3.26. The molecule has 0 atom stereocenters. The maximum absolute atomic E-state index is 12.8. The van der Waals surface area contributed by atoms with Gasteiger partial charge in [0.15, 0.2) is 16.2 Å². The van der Waals surface area contributed by atoms with Gasteiger partial charge in [-0.2, -0.15) is 5.10 Å². The van der Waals surface area contributed by atoms with E-state index in [2.05, 4.69) is 20.5 Å². The fourth-order valence-corrected chi connectivity index (χ4v) is 6.87. The SMILES string of the molecule is COc1cc(-c2noc3cc(Cn4cccn4)cc(OC)c23)c(N2CC3(CCNCC3)C2)c(OC)c1S(N)(=O)=O. The number of primary sulfonamides is 1. The third kappa shape index (κ3) is 4.43. The number of aromatic nitrogens is 3. The number of piperidine rings is 1. The molecule has 2 aromatic heterocycles. The summed E-state index contributed by atoms with van der Waals surface area (Å²) in [5, 5.41) is 18.5. The molecule has 0 bridgehead atoms. The molecular weight excluding hydrogens is 536 g/mol. The van der Waals surface area contributed by atoms with Crippen molar-refractivity contribution in [2.75, 3.05) is 52.4 Å². The number of benzene rings is 2. The molecule has 3 N–H and O–H groups in total. The number of ether oxygens (including phenoxy) is 3. The molecule has 13 heteroatoms. The second kappa shape index (κ2) is 9.98. The highest BCUT2D eigenvalue weighted by atomic mass is 32.2. The van der Waals surface area contributed by atoms with Crippen LogP contribution in [-0.2, 0) is 16.6 Å². The van der Waals surface area contributed by atoms with Gasteiger partial charge in [-0.1, -0.05) is 5.16 Å². The summed E-state index contributed by atoms with van der Waals surface area (Å²) >= 11 is 0. The molecule has 2 aromatic carbocycles. The zero-order chi connectivity index (χ0) is 28.1. The van der Waals surface area contributed by atoms with E-state index in [-0.39, 0.29) is 21.8 Å². The van der Waals surface area contributed by atoms with Crippen molar-refractivity contribution in [3.05, 3.63) is 42.2 Å². The molecule has 6 rings (SSSR count). The highest BCUT2D eigenvalue weighted by Gasteiger charge is 2.46. The lowest BCUT2D eigenvalue weighted by Crippen LogP contribution is -2.60. The van der Waals surface area contributed by atoms with Crippen LogP contribution in [0.2, 0.25) is 0 Å². The number of nitrogens with two attached hydrogens (primary N) is 1. The van der Waals surface area contributed by atoms with Crippen molar-refractivity contribution in [2.45, 2.75) is 24.3 Å². The highest BCUT2D eigenvalue weighted by molar-refractivity contribution is 7.89. The summed E-state index contributed by atoms with van der Waals surface area (Å²) < 4.78 is 50.3. The van der Waals surface area contributed by atoms with Crippen molar-refractivity contribution in [3.63, 3.8) is 0 Å². The largest absolute Gasteiger partial charge is 0.496 e. The van der Waals surface area contributed by atoms with Crippen LogP contribution in [0.5, 0.6) is 17.2 Å². The van der Waals surface area contributed by atoms with E-state index in [0.29, 0.717) is 40.2 Å². The van der Waals surface area contributed by atoms with Gasteiger partial charge in [-0.25, -0.2) is 13.6 Å². The fraction of sp³-hybridized carbons (Fsp3) is 0.407. The third-order valence-corrected chi connectivity index (χ3v) is 8.85. The Balaban J connectivity index is 1.54. The molecule has 212 valence electrons. The average Bonchev–Trinajstić information content (AvgIpc) is 3.60. The molecule has 0 aliphatic carbocycles. The molecule has 40 heavy (non-hydrogen) atoms. The minimum absolute atomic E-state index is 0.0561. The predicted octanol–water partition coefficient (Wildman–Crippen LogP) is 2.60. The van der Waals surface area contributed by atoms with Crippen LogP contribution >= 0.6 is 0 Å². The van der Waals surface area contributed by atoms with Gasteiger partial charge < -0.3 is 29.0 Å². The van der Waals surface area contributed by atoms with Gasteiger partial charge in [0, 0.05) is 36.5 Å². The van der Waals surface area contributed by atoms with Crippen LogP contribution in [0, 0.1) is 5.41 Å². The molecule has 0 amide bonds. The Morgan fingerprint density at radius 1 is 1.07 bits per heavy atom. The Kier molecular flexibility index (Phi) is 6.59. The van der Waals surface area contributed by atoms with E-state index in [1.165, 1.54) is 14.2 Å². The molecule has 2 aliphatic heterocycles. The molecule has 4 heterocycles. The van der Waals surface area contributed by atoms with Crippen molar-refractivity contribution in [2.24, 2.45) is 10.6 Å². The summed E-state index contributed by atoms with van der Waals surface area (Å²) in [7, 11) is 0.215. The van der Waals surface area contributed by atoms with Crippen molar-refractivity contribution in [1.29, 1.82) is 0 Å². The van der Waals surface area contributed by atoms with Crippen molar-refractivity contribution >= 4 is 26.7 Å². The van der Waals surface area contributed by atoms with E-state index in [4.69, 9.17) is 23.9 Å². The first kappa shape index (κ1) is 26.4. The first-order chi connectivity index (χ1) is 19.3. The van der Waals surface area contributed by atoms with Gasteiger partial charge in [-0.3, -0.25) is 4.68 Å². The number of sulfonamides is 1. The molecule has 1 spiro atoms. The molecule has 2 saturated heterocycles.